The lowest BCUT2D eigenvalue weighted by Crippen LogP contribution is -2.38. The Balaban J connectivity index is 1.73. The number of rotatable bonds is 4. The van der Waals surface area contributed by atoms with Crippen LogP contribution in [0.25, 0.3) is 17.0 Å². The summed E-state index contributed by atoms with van der Waals surface area (Å²) in [6.07, 6.45) is 6.63. The van der Waals surface area contributed by atoms with Crippen LogP contribution in [0.5, 0.6) is 0 Å². The number of pyridine rings is 1. The fourth-order valence-electron chi connectivity index (χ4n) is 3.29. The molecule has 1 aliphatic heterocycles. The molecule has 0 saturated carbocycles. The summed E-state index contributed by atoms with van der Waals surface area (Å²) in [4.78, 5) is 12.8. The number of fused-ring (bicyclic) bond motifs is 1. The van der Waals surface area contributed by atoms with Gasteiger partial charge in [0, 0.05) is 18.8 Å². The molecule has 1 fully saturated rings. The van der Waals surface area contributed by atoms with Crippen LogP contribution in [0.4, 0.5) is 10.3 Å². The van der Waals surface area contributed by atoms with Crippen molar-refractivity contribution in [3.63, 3.8) is 0 Å². The van der Waals surface area contributed by atoms with Gasteiger partial charge in [-0.1, -0.05) is 6.07 Å². The van der Waals surface area contributed by atoms with E-state index in [1.165, 1.54) is 6.20 Å². The molecule has 0 aromatic carbocycles. The molecule has 0 amide bonds. The van der Waals surface area contributed by atoms with Gasteiger partial charge in [-0.05, 0) is 44.9 Å². The minimum atomic E-state index is -1.01. The summed E-state index contributed by atoms with van der Waals surface area (Å²) in [5.74, 6) is -0.119. The quantitative estimate of drug-likeness (QED) is 0.653. The second-order valence-electron chi connectivity index (χ2n) is 7.43. The molecule has 1 aliphatic rings. The van der Waals surface area contributed by atoms with Crippen molar-refractivity contribution in [2.75, 3.05) is 18.4 Å². The van der Waals surface area contributed by atoms with E-state index >= 15 is 0 Å². The molecule has 0 bridgehead atoms. The number of imidazole rings is 1. The van der Waals surface area contributed by atoms with Crippen LogP contribution < -0.4 is 10.6 Å². The van der Waals surface area contributed by atoms with Crippen molar-refractivity contribution in [3.8, 4) is 11.4 Å². The molecular formula is C19H23FN6O. The summed E-state index contributed by atoms with van der Waals surface area (Å²) in [6.45, 7) is 5.26. The van der Waals surface area contributed by atoms with E-state index in [1.54, 1.807) is 36.7 Å². The standard InChI is InChI=1S/C19H23FN6O/c1-19(2,27)12-5-6-16-22-10-15(26(16)11-12)17-14(20)9-23-18(25-17)24-13-4-3-7-21-8-13/h5-6,9-11,13,21,27H,3-4,7-8H2,1-2H3,(H,23,24,25). The number of hydrogen-bond donors (Lipinski definition) is 3. The first kappa shape index (κ1) is 17.8. The van der Waals surface area contributed by atoms with Gasteiger partial charge in [0.2, 0.25) is 5.95 Å². The van der Waals surface area contributed by atoms with Crippen LogP contribution in [0.3, 0.4) is 0 Å². The number of halogens is 1. The van der Waals surface area contributed by atoms with Crippen molar-refractivity contribution >= 4 is 11.6 Å². The van der Waals surface area contributed by atoms with E-state index in [9.17, 15) is 9.50 Å². The first-order valence-electron chi connectivity index (χ1n) is 9.12. The zero-order chi connectivity index (χ0) is 19.0. The fraction of sp³-hybridized carbons (Fsp3) is 0.421. The Kier molecular flexibility index (Phi) is 4.53. The van der Waals surface area contributed by atoms with Crippen molar-refractivity contribution in [2.45, 2.75) is 38.3 Å². The average molecular weight is 370 g/mol. The number of hydrogen-bond acceptors (Lipinski definition) is 6. The molecular weight excluding hydrogens is 347 g/mol. The first-order chi connectivity index (χ1) is 12.9. The van der Waals surface area contributed by atoms with E-state index in [-0.39, 0.29) is 11.7 Å². The summed E-state index contributed by atoms with van der Waals surface area (Å²) in [6, 6.07) is 3.83. The number of aliphatic hydroxyl groups is 1. The Bertz CT molecular complexity index is 958. The van der Waals surface area contributed by atoms with Crippen molar-refractivity contribution in [1.29, 1.82) is 0 Å². The number of piperidine rings is 1. The van der Waals surface area contributed by atoms with E-state index in [1.807, 2.05) is 6.07 Å². The lowest BCUT2D eigenvalue weighted by atomic mass is 10.0. The minimum absolute atomic E-state index is 0.177. The number of nitrogens with one attached hydrogen (secondary N) is 2. The van der Waals surface area contributed by atoms with Gasteiger partial charge in [0.1, 0.15) is 11.3 Å². The monoisotopic (exact) mass is 370 g/mol. The molecule has 3 N–H and O–H groups in total. The second-order valence-corrected chi connectivity index (χ2v) is 7.43. The zero-order valence-corrected chi connectivity index (χ0v) is 15.4. The van der Waals surface area contributed by atoms with Gasteiger partial charge in [0.05, 0.1) is 23.7 Å². The largest absolute Gasteiger partial charge is 0.386 e. The molecule has 7 nitrogen and oxygen atoms in total. The molecule has 0 aliphatic carbocycles. The first-order valence-corrected chi connectivity index (χ1v) is 9.12. The second kappa shape index (κ2) is 6.86. The normalized spacial score (nSPS) is 18.0. The van der Waals surface area contributed by atoms with Gasteiger partial charge in [0.15, 0.2) is 5.82 Å². The van der Waals surface area contributed by atoms with E-state index < -0.39 is 11.4 Å². The number of anilines is 1. The van der Waals surface area contributed by atoms with Gasteiger partial charge < -0.3 is 15.7 Å². The van der Waals surface area contributed by atoms with Gasteiger partial charge in [-0.15, -0.1) is 0 Å². The van der Waals surface area contributed by atoms with Gasteiger partial charge in [-0.25, -0.2) is 19.3 Å². The predicted molar refractivity (Wildman–Crippen MR) is 101 cm³/mol. The third-order valence-electron chi connectivity index (χ3n) is 4.83. The highest BCUT2D eigenvalue weighted by atomic mass is 19.1. The zero-order valence-electron chi connectivity index (χ0n) is 15.4. The van der Waals surface area contributed by atoms with Crippen LogP contribution in [0.15, 0.2) is 30.7 Å². The van der Waals surface area contributed by atoms with Crippen LogP contribution in [-0.2, 0) is 5.60 Å². The van der Waals surface area contributed by atoms with Gasteiger partial charge in [-0.2, -0.15) is 0 Å². The minimum Gasteiger partial charge on any atom is -0.386 e. The number of aromatic nitrogens is 4. The maximum atomic E-state index is 14.5. The van der Waals surface area contributed by atoms with Crippen LogP contribution in [0, 0.1) is 5.82 Å². The molecule has 1 saturated heterocycles. The predicted octanol–water partition coefficient (Wildman–Crippen LogP) is 2.32. The van der Waals surface area contributed by atoms with E-state index in [0.29, 0.717) is 22.9 Å². The topological polar surface area (TPSA) is 87.4 Å². The summed E-state index contributed by atoms with van der Waals surface area (Å²) in [5.41, 5.74) is 1.04. The number of nitrogens with zero attached hydrogens (tertiary/aromatic N) is 4. The lowest BCUT2D eigenvalue weighted by molar-refractivity contribution is 0.0782. The van der Waals surface area contributed by atoms with Crippen LogP contribution in [0.2, 0.25) is 0 Å². The Labute approximate surface area is 156 Å². The Morgan fingerprint density at radius 2 is 2.15 bits per heavy atom. The molecule has 3 aromatic rings. The molecule has 4 rings (SSSR count). The maximum Gasteiger partial charge on any atom is 0.223 e. The lowest BCUT2D eigenvalue weighted by Gasteiger charge is -2.23. The third-order valence-corrected chi connectivity index (χ3v) is 4.83. The highest BCUT2D eigenvalue weighted by Crippen LogP contribution is 2.26. The maximum absolute atomic E-state index is 14.5. The van der Waals surface area contributed by atoms with Gasteiger partial charge in [0.25, 0.3) is 0 Å². The molecule has 0 radical (unpaired) electrons. The Morgan fingerprint density at radius 1 is 1.30 bits per heavy atom. The third kappa shape index (κ3) is 3.63. The van der Waals surface area contributed by atoms with Gasteiger partial charge >= 0.3 is 0 Å². The highest BCUT2D eigenvalue weighted by Gasteiger charge is 2.20. The molecule has 27 heavy (non-hydrogen) atoms. The van der Waals surface area contributed by atoms with Crippen molar-refractivity contribution in [2.24, 2.45) is 0 Å². The molecule has 8 heteroatoms. The molecule has 1 unspecified atom stereocenters. The molecule has 1 atom stereocenters. The summed E-state index contributed by atoms with van der Waals surface area (Å²) in [5, 5.41) is 16.9. The van der Waals surface area contributed by atoms with Crippen LogP contribution >= 0.6 is 0 Å². The van der Waals surface area contributed by atoms with Crippen molar-refractivity contribution in [1.82, 2.24) is 24.7 Å². The van der Waals surface area contributed by atoms with E-state index in [4.69, 9.17) is 0 Å². The fourth-order valence-corrected chi connectivity index (χ4v) is 3.29. The van der Waals surface area contributed by atoms with E-state index in [0.717, 1.165) is 25.9 Å². The van der Waals surface area contributed by atoms with E-state index in [2.05, 4.69) is 25.6 Å². The van der Waals surface area contributed by atoms with Gasteiger partial charge in [-0.3, -0.25) is 4.40 Å². The highest BCUT2D eigenvalue weighted by molar-refractivity contribution is 5.62. The molecule has 3 aromatic heterocycles. The summed E-state index contributed by atoms with van der Waals surface area (Å²) >= 11 is 0. The Hall–Kier alpha value is -2.58. The summed E-state index contributed by atoms with van der Waals surface area (Å²) in [7, 11) is 0. The molecule has 142 valence electrons. The summed E-state index contributed by atoms with van der Waals surface area (Å²) < 4.78 is 16.3. The Morgan fingerprint density at radius 3 is 2.89 bits per heavy atom. The average Bonchev–Trinajstić information content (AvgIpc) is 3.06. The SMILES string of the molecule is CC(C)(O)c1ccc2ncc(-c3nc(NC4CCCNC4)ncc3F)n2c1. The van der Waals surface area contributed by atoms with Crippen LogP contribution in [-0.4, -0.2) is 43.6 Å². The van der Waals surface area contributed by atoms with Crippen LogP contribution in [0.1, 0.15) is 32.3 Å². The van der Waals surface area contributed by atoms with Crippen molar-refractivity contribution in [3.05, 3.63) is 42.1 Å². The molecule has 4 heterocycles. The van der Waals surface area contributed by atoms with Crippen molar-refractivity contribution < 1.29 is 9.50 Å². The molecule has 0 spiro atoms. The smallest absolute Gasteiger partial charge is 0.223 e.